The molecule has 130 valence electrons. The molecule has 0 heterocycles. The van der Waals surface area contributed by atoms with Gasteiger partial charge in [-0.05, 0) is 53.6 Å². The largest absolute Gasteiger partial charge is 0.206 e. The minimum absolute atomic E-state index is 0.0840. The summed E-state index contributed by atoms with van der Waals surface area (Å²) in [5.41, 5.74) is 0.778. The van der Waals surface area contributed by atoms with Gasteiger partial charge in [-0.2, -0.15) is 0 Å². The molecule has 0 saturated carbocycles. The van der Waals surface area contributed by atoms with Gasteiger partial charge in [-0.3, -0.25) is 0 Å². The SMILES string of the molecule is CCCCCc1cc(F)c(-c2ccc3c(F)c(F)ccc3c2)c(F)c1. The topological polar surface area (TPSA) is 0 Å². The second kappa shape index (κ2) is 7.26. The van der Waals surface area contributed by atoms with Gasteiger partial charge in [0.25, 0.3) is 0 Å². The van der Waals surface area contributed by atoms with Crippen molar-refractivity contribution in [1.29, 1.82) is 0 Å². The summed E-state index contributed by atoms with van der Waals surface area (Å²) in [6, 6.07) is 9.32. The van der Waals surface area contributed by atoms with Crippen molar-refractivity contribution in [1.82, 2.24) is 0 Å². The smallest absolute Gasteiger partial charge is 0.166 e. The molecule has 0 amide bonds. The van der Waals surface area contributed by atoms with Crippen LogP contribution in [-0.2, 0) is 6.42 Å². The first-order valence-corrected chi connectivity index (χ1v) is 8.37. The van der Waals surface area contributed by atoms with Crippen LogP contribution in [0.1, 0.15) is 31.7 Å². The Hall–Kier alpha value is -2.36. The predicted octanol–water partition coefficient (Wildman–Crippen LogP) is 6.80. The van der Waals surface area contributed by atoms with Crippen LogP contribution in [0.15, 0.2) is 42.5 Å². The van der Waals surface area contributed by atoms with E-state index in [0.29, 0.717) is 22.9 Å². The Kier molecular flexibility index (Phi) is 5.07. The molecule has 0 aliphatic carbocycles. The number of fused-ring (bicyclic) bond motifs is 1. The lowest BCUT2D eigenvalue weighted by Crippen LogP contribution is -1.96. The number of benzene rings is 3. The molecule has 0 radical (unpaired) electrons. The monoisotopic (exact) mass is 346 g/mol. The lowest BCUT2D eigenvalue weighted by atomic mass is 9.97. The fraction of sp³-hybridized carbons (Fsp3) is 0.238. The Morgan fingerprint density at radius 3 is 2.16 bits per heavy atom. The summed E-state index contributed by atoms with van der Waals surface area (Å²) in [7, 11) is 0. The maximum Gasteiger partial charge on any atom is 0.166 e. The van der Waals surface area contributed by atoms with Crippen LogP contribution in [0, 0.1) is 23.3 Å². The number of hydrogen-bond donors (Lipinski definition) is 0. The zero-order chi connectivity index (χ0) is 18.0. The Morgan fingerprint density at radius 2 is 1.48 bits per heavy atom. The summed E-state index contributed by atoms with van der Waals surface area (Å²) in [6.45, 7) is 2.07. The third-order valence-electron chi connectivity index (χ3n) is 4.37. The van der Waals surface area contributed by atoms with Crippen molar-refractivity contribution >= 4 is 10.8 Å². The molecule has 0 fully saturated rings. The van der Waals surface area contributed by atoms with Gasteiger partial charge < -0.3 is 0 Å². The van der Waals surface area contributed by atoms with Crippen molar-refractivity contribution in [3.05, 3.63) is 71.3 Å². The molecule has 3 rings (SSSR count). The molecule has 0 atom stereocenters. The molecule has 0 unspecified atom stereocenters. The van der Waals surface area contributed by atoms with E-state index in [2.05, 4.69) is 6.92 Å². The van der Waals surface area contributed by atoms with E-state index in [1.807, 2.05) is 0 Å². The number of hydrogen-bond acceptors (Lipinski definition) is 0. The molecule has 0 aliphatic heterocycles. The highest BCUT2D eigenvalue weighted by Gasteiger charge is 2.15. The third kappa shape index (κ3) is 3.53. The molecule has 3 aromatic rings. The lowest BCUT2D eigenvalue weighted by molar-refractivity contribution is 0.517. The second-order valence-corrected chi connectivity index (χ2v) is 6.19. The molecule has 25 heavy (non-hydrogen) atoms. The van der Waals surface area contributed by atoms with Gasteiger partial charge in [-0.25, -0.2) is 17.6 Å². The van der Waals surface area contributed by atoms with E-state index < -0.39 is 23.3 Å². The van der Waals surface area contributed by atoms with Gasteiger partial charge in [0.1, 0.15) is 11.6 Å². The van der Waals surface area contributed by atoms with Crippen molar-refractivity contribution in [3.8, 4) is 11.1 Å². The quantitative estimate of drug-likeness (QED) is 0.352. The molecular weight excluding hydrogens is 328 g/mol. The highest BCUT2D eigenvalue weighted by molar-refractivity contribution is 5.88. The molecule has 3 aromatic carbocycles. The highest BCUT2D eigenvalue weighted by Crippen LogP contribution is 2.31. The van der Waals surface area contributed by atoms with Crippen LogP contribution in [0.3, 0.4) is 0 Å². The number of rotatable bonds is 5. The third-order valence-corrected chi connectivity index (χ3v) is 4.37. The van der Waals surface area contributed by atoms with Gasteiger partial charge in [0, 0.05) is 5.39 Å². The van der Waals surface area contributed by atoms with Crippen molar-refractivity contribution in [3.63, 3.8) is 0 Å². The summed E-state index contributed by atoms with van der Waals surface area (Å²) in [4.78, 5) is 0. The van der Waals surface area contributed by atoms with Crippen LogP contribution in [0.2, 0.25) is 0 Å². The zero-order valence-corrected chi connectivity index (χ0v) is 13.9. The first kappa shape index (κ1) is 17.5. The molecule has 0 N–H and O–H groups in total. The van der Waals surface area contributed by atoms with Gasteiger partial charge in [-0.1, -0.05) is 38.0 Å². The fourth-order valence-electron chi connectivity index (χ4n) is 3.05. The van der Waals surface area contributed by atoms with Gasteiger partial charge in [0.05, 0.1) is 5.56 Å². The van der Waals surface area contributed by atoms with E-state index in [0.717, 1.165) is 25.3 Å². The van der Waals surface area contributed by atoms with Crippen molar-refractivity contribution in [2.75, 3.05) is 0 Å². The maximum atomic E-state index is 14.5. The maximum absolute atomic E-state index is 14.5. The van der Waals surface area contributed by atoms with E-state index in [1.165, 1.54) is 36.4 Å². The summed E-state index contributed by atoms with van der Waals surface area (Å²) < 4.78 is 56.0. The zero-order valence-electron chi connectivity index (χ0n) is 13.9. The standard InChI is InChI=1S/C21H18F4/c1-2-3-4-5-13-10-18(23)20(19(24)11-13)15-6-8-16-14(12-15)7-9-17(22)21(16)25/h6-12H,2-5H2,1H3. The summed E-state index contributed by atoms with van der Waals surface area (Å²) in [6.07, 6.45) is 3.56. The minimum Gasteiger partial charge on any atom is -0.206 e. The van der Waals surface area contributed by atoms with Gasteiger partial charge in [0.15, 0.2) is 11.6 Å². The molecule has 0 saturated heterocycles. The second-order valence-electron chi connectivity index (χ2n) is 6.19. The van der Waals surface area contributed by atoms with E-state index >= 15 is 0 Å². The predicted molar refractivity (Wildman–Crippen MR) is 92.4 cm³/mol. The summed E-state index contributed by atoms with van der Waals surface area (Å²) in [5, 5.41) is 0.475. The van der Waals surface area contributed by atoms with E-state index in [-0.39, 0.29) is 10.9 Å². The van der Waals surface area contributed by atoms with Gasteiger partial charge in [-0.15, -0.1) is 0 Å². The summed E-state index contributed by atoms with van der Waals surface area (Å²) >= 11 is 0. The van der Waals surface area contributed by atoms with Crippen molar-refractivity contribution in [2.45, 2.75) is 32.6 Å². The molecule has 0 aliphatic rings. The molecular formula is C21H18F4. The number of halogens is 4. The van der Waals surface area contributed by atoms with E-state index in [1.54, 1.807) is 0 Å². The molecule has 0 nitrogen and oxygen atoms in total. The number of unbranched alkanes of at least 4 members (excludes halogenated alkanes) is 2. The average molecular weight is 346 g/mol. The first-order valence-electron chi connectivity index (χ1n) is 8.37. The first-order chi connectivity index (χ1) is 12.0. The molecule has 4 heteroatoms. The van der Waals surface area contributed by atoms with Crippen LogP contribution in [0.5, 0.6) is 0 Å². The number of aryl methyl sites for hydroxylation is 1. The fourth-order valence-corrected chi connectivity index (χ4v) is 3.05. The highest BCUT2D eigenvalue weighted by atomic mass is 19.2. The van der Waals surface area contributed by atoms with Crippen LogP contribution in [0.4, 0.5) is 17.6 Å². The van der Waals surface area contributed by atoms with Crippen molar-refractivity contribution in [2.24, 2.45) is 0 Å². The van der Waals surface area contributed by atoms with E-state index in [4.69, 9.17) is 0 Å². The Morgan fingerprint density at radius 1 is 0.760 bits per heavy atom. The molecule has 0 spiro atoms. The Labute approximate surface area is 144 Å². The van der Waals surface area contributed by atoms with Crippen molar-refractivity contribution < 1.29 is 17.6 Å². The molecule has 0 aromatic heterocycles. The minimum atomic E-state index is -0.962. The van der Waals surface area contributed by atoms with Gasteiger partial charge >= 0.3 is 0 Å². The van der Waals surface area contributed by atoms with Gasteiger partial charge in [0.2, 0.25) is 0 Å². The Balaban J connectivity index is 2.01. The summed E-state index contributed by atoms with van der Waals surface area (Å²) in [5.74, 6) is -3.20. The van der Waals surface area contributed by atoms with Crippen LogP contribution in [-0.4, -0.2) is 0 Å². The van der Waals surface area contributed by atoms with Crippen LogP contribution < -0.4 is 0 Å². The van der Waals surface area contributed by atoms with E-state index in [9.17, 15) is 17.6 Å². The average Bonchev–Trinajstić information content (AvgIpc) is 2.58. The van der Waals surface area contributed by atoms with Crippen LogP contribution >= 0.6 is 0 Å². The Bertz CT molecular complexity index is 892. The lowest BCUT2D eigenvalue weighted by Gasteiger charge is -2.10. The van der Waals surface area contributed by atoms with Crippen LogP contribution in [0.25, 0.3) is 21.9 Å². The molecule has 0 bridgehead atoms. The normalized spacial score (nSPS) is 11.2.